The van der Waals surface area contributed by atoms with E-state index < -0.39 is 6.04 Å². The summed E-state index contributed by atoms with van der Waals surface area (Å²) in [7, 11) is 0. The zero-order chi connectivity index (χ0) is 18.3. The molecule has 138 valence electrons. The van der Waals surface area contributed by atoms with Gasteiger partial charge in [0.1, 0.15) is 16.7 Å². The number of carbonyl (C=O) groups is 2. The van der Waals surface area contributed by atoms with E-state index in [0.717, 1.165) is 37.9 Å². The molecule has 1 atom stereocenters. The highest BCUT2D eigenvalue weighted by Crippen LogP contribution is 2.28. The highest BCUT2D eigenvalue weighted by atomic mass is 32.1. The average molecular weight is 374 g/mol. The van der Waals surface area contributed by atoms with Crippen LogP contribution in [0.15, 0.2) is 4.79 Å². The van der Waals surface area contributed by atoms with Crippen LogP contribution >= 0.6 is 11.3 Å². The lowest BCUT2D eigenvalue weighted by atomic mass is 10.1. The van der Waals surface area contributed by atoms with E-state index in [2.05, 4.69) is 15.6 Å². The van der Waals surface area contributed by atoms with Gasteiger partial charge in [0.15, 0.2) is 0 Å². The molecule has 0 radical (unpaired) electrons. The fourth-order valence-corrected chi connectivity index (χ4v) is 4.85. The Balaban J connectivity index is 1.71. The lowest BCUT2D eigenvalue weighted by Gasteiger charge is -2.22. The molecule has 2 aromatic heterocycles. The number of aryl methyl sites for hydroxylation is 2. The van der Waals surface area contributed by atoms with Crippen LogP contribution in [-0.2, 0) is 17.8 Å². The Morgan fingerprint density at radius 2 is 2.12 bits per heavy atom. The summed E-state index contributed by atoms with van der Waals surface area (Å²) >= 11 is 1.25. The van der Waals surface area contributed by atoms with Crippen LogP contribution in [0.5, 0.6) is 0 Å². The summed E-state index contributed by atoms with van der Waals surface area (Å²) in [5.74, 6) is 0.375. The number of thiophene rings is 1. The van der Waals surface area contributed by atoms with Gasteiger partial charge in [0, 0.05) is 19.5 Å². The first-order valence-electron chi connectivity index (χ1n) is 9.17. The fourth-order valence-electron chi connectivity index (χ4n) is 3.76. The summed E-state index contributed by atoms with van der Waals surface area (Å²) in [4.78, 5) is 43.4. The van der Waals surface area contributed by atoms with Gasteiger partial charge in [0.05, 0.1) is 10.3 Å². The number of aromatic nitrogens is 2. The molecule has 0 spiro atoms. The van der Waals surface area contributed by atoms with Crippen molar-refractivity contribution in [3.05, 3.63) is 26.6 Å². The molecule has 1 fully saturated rings. The second kappa shape index (κ2) is 6.83. The largest absolute Gasteiger partial charge is 0.354 e. The van der Waals surface area contributed by atoms with Crippen LogP contribution < -0.4 is 16.2 Å². The van der Waals surface area contributed by atoms with Gasteiger partial charge in [-0.2, -0.15) is 0 Å². The fraction of sp³-hybridized carbons (Fsp3) is 0.556. The first kappa shape index (κ1) is 17.2. The van der Waals surface area contributed by atoms with Crippen molar-refractivity contribution >= 4 is 33.4 Å². The molecule has 0 bridgehead atoms. The average Bonchev–Trinajstić information content (AvgIpc) is 2.80. The molecule has 2 amide bonds. The van der Waals surface area contributed by atoms with Crippen molar-refractivity contribution in [3.8, 4) is 0 Å². The van der Waals surface area contributed by atoms with E-state index in [1.54, 1.807) is 11.5 Å². The summed E-state index contributed by atoms with van der Waals surface area (Å²) in [5.41, 5.74) is 0.617. The minimum atomic E-state index is -0.508. The Hall–Kier alpha value is -2.22. The standard InChI is InChI=1S/C18H22N4O3S/c1-10-13-17(21-12-7-3-2-4-9-22(12)18(13)25)26-14(10)16(24)20-11-6-5-8-19-15(11)23/h11H,2-9H2,1H3,(H,19,23)(H,20,24). The van der Waals surface area contributed by atoms with E-state index in [1.165, 1.54) is 11.3 Å². The van der Waals surface area contributed by atoms with E-state index in [1.807, 2.05) is 0 Å². The lowest BCUT2D eigenvalue weighted by Crippen LogP contribution is -2.50. The molecule has 2 aromatic rings. The van der Waals surface area contributed by atoms with Gasteiger partial charge in [-0.1, -0.05) is 6.42 Å². The molecule has 0 aliphatic carbocycles. The van der Waals surface area contributed by atoms with Crippen LogP contribution in [0, 0.1) is 6.92 Å². The van der Waals surface area contributed by atoms with Crippen molar-refractivity contribution in [2.45, 2.75) is 58.0 Å². The maximum atomic E-state index is 13.0. The summed E-state index contributed by atoms with van der Waals surface area (Å²) in [6.45, 7) is 3.14. The quantitative estimate of drug-likeness (QED) is 0.833. The zero-order valence-electron chi connectivity index (χ0n) is 14.8. The molecule has 1 unspecified atom stereocenters. The first-order valence-corrected chi connectivity index (χ1v) is 9.99. The van der Waals surface area contributed by atoms with E-state index in [4.69, 9.17) is 0 Å². The van der Waals surface area contributed by atoms with Crippen molar-refractivity contribution in [3.63, 3.8) is 0 Å². The van der Waals surface area contributed by atoms with Gasteiger partial charge in [0.25, 0.3) is 11.5 Å². The molecule has 2 aliphatic heterocycles. The van der Waals surface area contributed by atoms with Crippen LogP contribution in [0.25, 0.3) is 10.2 Å². The monoisotopic (exact) mass is 374 g/mol. The number of rotatable bonds is 2. The van der Waals surface area contributed by atoms with E-state index in [0.29, 0.717) is 40.2 Å². The van der Waals surface area contributed by atoms with Crippen molar-refractivity contribution in [1.29, 1.82) is 0 Å². The molecule has 4 heterocycles. The maximum absolute atomic E-state index is 13.0. The Kier molecular flexibility index (Phi) is 4.52. The molecular formula is C18H22N4O3S. The number of nitrogens with zero attached hydrogens (tertiary/aromatic N) is 2. The Labute approximate surface area is 154 Å². The van der Waals surface area contributed by atoms with Crippen LogP contribution in [0.3, 0.4) is 0 Å². The molecule has 0 saturated carbocycles. The number of carbonyl (C=O) groups excluding carboxylic acids is 2. The summed E-state index contributed by atoms with van der Waals surface area (Å²) in [6.07, 6.45) is 5.40. The van der Waals surface area contributed by atoms with Crippen molar-refractivity contribution in [1.82, 2.24) is 20.2 Å². The third kappa shape index (κ3) is 2.92. The smallest absolute Gasteiger partial charge is 0.262 e. The predicted octanol–water partition coefficient (Wildman–Crippen LogP) is 1.50. The molecule has 0 aromatic carbocycles. The number of piperidine rings is 1. The third-order valence-electron chi connectivity index (χ3n) is 5.21. The molecule has 2 aliphatic rings. The normalized spacial score (nSPS) is 20.3. The number of fused-ring (bicyclic) bond motifs is 2. The van der Waals surface area contributed by atoms with Crippen molar-refractivity contribution in [2.24, 2.45) is 0 Å². The third-order valence-corrected chi connectivity index (χ3v) is 6.39. The number of hydrogen-bond donors (Lipinski definition) is 2. The molecule has 7 nitrogen and oxygen atoms in total. The van der Waals surface area contributed by atoms with Gasteiger partial charge in [-0.3, -0.25) is 19.0 Å². The molecule has 2 N–H and O–H groups in total. The van der Waals surface area contributed by atoms with Gasteiger partial charge in [-0.15, -0.1) is 11.3 Å². The Morgan fingerprint density at radius 3 is 2.92 bits per heavy atom. The van der Waals surface area contributed by atoms with E-state index >= 15 is 0 Å². The SMILES string of the molecule is Cc1c(C(=O)NC2CCCNC2=O)sc2nc3n(c(=O)c12)CCCCC3. The topological polar surface area (TPSA) is 93.1 Å². The molecule has 1 saturated heterocycles. The highest BCUT2D eigenvalue weighted by Gasteiger charge is 2.27. The van der Waals surface area contributed by atoms with Crippen LogP contribution in [0.1, 0.15) is 53.2 Å². The second-order valence-electron chi connectivity index (χ2n) is 6.99. The Morgan fingerprint density at radius 1 is 1.27 bits per heavy atom. The number of nitrogens with one attached hydrogen (secondary N) is 2. The van der Waals surface area contributed by atoms with Gasteiger partial charge in [-0.05, 0) is 38.2 Å². The Bertz CT molecular complexity index is 946. The lowest BCUT2D eigenvalue weighted by molar-refractivity contribution is -0.124. The second-order valence-corrected chi connectivity index (χ2v) is 7.99. The molecular weight excluding hydrogens is 352 g/mol. The number of amides is 2. The zero-order valence-corrected chi connectivity index (χ0v) is 15.6. The summed E-state index contributed by atoms with van der Waals surface area (Å²) in [5, 5.41) is 6.12. The van der Waals surface area contributed by atoms with Crippen LogP contribution in [-0.4, -0.2) is 34.0 Å². The molecule has 4 rings (SSSR count). The summed E-state index contributed by atoms with van der Waals surface area (Å²) in [6, 6.07) is -0.508. The maximum Gasteiger partial charge on any atom is 0.262 e. The van der Waals surface area contributed by atoms with E-state index in [9.17, 15) is 14.4 Å². The van der Waals surface area contributed by atoms with E-state index in [-0.39, 0.29) is 17.4 Å². The predicted molar refractivity (Wildman–Crippen MR) is 99.7 cm³/mol. The van der Waals surface area contributed by atoms with Gasteiger partial charge in [-0.25, -0.2) is 4.98 Å². The first-order chi connectivity index (χ1) is 12.6. The van der Waals surface area contributed by atoms with Crippen molar-refractivity contribution in [2.75, 3.05) is 6.54 Å². The van der Waals surface area contributed by atoms with Crippen molar-refractivity contribution < 1.29 is 9.59 Å². The summed E-state index contributed by atoms with van der Waals surface area (Å²) < 4.78 is 1.77. The minimum absolute atomic E-state index is 0.0462. The van der Waals surface area contributed by atoms with Crippen LogP contribution in [0.4, 0.5) is 0 Å². The van der Waals surface area contributed by atoms with Crippen LogP contribution in [0.2, 0.25) is 0 Å². The molecule has 8 heteroatoms. The van der Waals surface area contributed by atoms with Gasteiger partial charge < -0.3 is 10.6 Å². The van der Waals surface area contributed by atoms with Gasteiger partial charge >= 0.3 is 0 Å². The highest BCUT2D eigenvalue weighted by molar-refractivity contribution is 7.20. The van der Waals surface area contributed by atoms with Gasteiger partial charge in [0.2, 0.25) is 5.91 Å². The minimum Gasteiger partial charge on any atom is -0.354 e. The number of hydrogen-bond acceptors (Lipinski definition) is 5. The molecule has 26 heavy (non-hydrogen) atoms.